The zero-order valence-electron chi connectivity index (χ0n) is 9.04. The van der Waals surface area contributed by atoms with Crippen LogP contribution in [0.4, 0.5) is 0 Å². The Balaban J connectivity index is 2.31. The first-order valence-electron chi connectivity index (χ1n) is 5.70. The first-order valence-corrected chi connectivity index (χ1v) is 7.13. The summed E-state index contributed by atoms with van der Waals surface area (Å²) in [6, 6.07) is 4.52. The van der Waals surface area contributed by atoms with E-state index < -0.39 is 0 Å². The normalized spacial score (nSPS) is 14.6. The van der Waals surface area contributed by atoms with Gasteiger partial charge in [-0.25, -0.2) is 0 Å². The van der Waals surface area contributed by atoms with Gasteiger partial charge >= 0.3 is 0 Å². The van der Waals surface area contributed by atoms with E-state index in [1.165, 1.54) is 39.3 Å². The molecule has 16 heavy (non-hydrogen) atoms. The summed E-state index contributed by atoms with van der Waals surface area (Å²) in [7, 11) is 0. The molecule has 0 fully saturated rings. The molecular formula is C13H14BrNS. The molecule has 3 heteroatoms. The van der Waals surface area contributed by atoms with Crippen molar-refractivity contribution in [2.45, 2.75) is 25.8 Å². The van der Waals surface area contributed by atoms with E-state index in [1.807, 2.05) is 0 Å². The highest BCUT2D eigenvalue weighted by Crippen LogP contribution is 2.32. The van der Waals surface area contributed by atoms with Crippen molar-refractivity contribution < 1.29 is 0 Å². The van der Waals surface area contributed by atoms with Crippen LogP contribution in [0.15, 0.2) is 22.8 Å². The van der Waals surface area contributed by atoms with Gasteiger partial charge in [0.2, 0.25) is 0 Å². The van der Waals surface area contributed by atoms with Crippen molar-refractivity contribution in [2.24, 2.45) is 0 Å². The summed E-state index contributed by atoms with van der Waals surface area (Å²) < 4.78 is 3.62. The van der Waals surface area contributed by atoms with E-state index >= 15 is 0 Å². The molecule has 0 saturated carbocycles. The predicted molar refractivity (Wildman–Crippen MR) is 75.5 cm³/mol. The lowest BCUT2D eigenvalue weighted by molar-refractivity contribution is 0.634. The Morgan fingerprint density at radius 2 is 2.25 bits per heavy atom. The molecule has 1 aliphatic heterocycles. The molecule has 1 aromatic heterocycles. The first-order chi connectivity index (χ1) is 7.79. The monoisotopic (exact) mass is 295 g/mol. The van der Waals surface area contributed by atoms with Crippen LogP contribution >= 0.6 is 28.6 Å². The van der Waals surface area contributed by atoms with E-state index in [0.29, 0.717) is 0 Å². The minimum Gasteiger partial charge on any atom is -0.347 e. The van der Waals surface area contributed by atoms with Crippen LogP contribution in [-0.2, 0) is 19.4 Å². The van der Waals surface area contributed by atoms with Gasteiger partial charge in [0, 0.05) is 22.6 Å². The minimum absolute atomic E-state index is 0.918. The average Bonchev–Trinajstić information content (AvgIpc) is 2.59. The molecule has 1 aromatic carbocycles. The molecule has 1 aliphatic rings. The van der Waals surface area contributed by atoms with Crippen molar-refractivity contribution in [3.05, 3.63) is 33.9 Å². The predicted octanol–water partition coefficient (Wildman–Crippen LogP) is 3.82. The molecule has 0 radical (unpaired) electrons. The molecule has 2 heterocycles. The fourth-order valence-electron chi connectivity index (χ4n) is 2.69. The van der Waals surface area contributed by atoms with Crippen molar-refractivity contribution in [3.8, 4) is 0 Å². The molecule has 0 N–H and O–H groups in total. The third kappa shape index (κ3) is 1.61. The molecule has 0 aliphatic carbocycles. The Labute approximate surface area is 109 Å². The second-order valence-electron chi connectivity index (χ2n) is 4.39. The standard InChI is InChI=1S/C13H14BrNS/c14-11-6-9-2-1-4-15-8-10(3-5-16)12(7-11)13(9)15/h6-8,16H,1-5H2. The smallest absolute Gasteiger partial charge is 0.0516 e. The van der Waals surface area contributed by atoms with Crippen LogP contribution in [0.2, 0.25) is 0 Å². The summed E-state index contributed by atoms with van der Waals surface area (Å²) in [5, 5.41) is 1.41. The average molecular weight is 296 g/mol. The summed E-state index contributed by atoms with van der Waals surface area (Å²) >= 11 is 7.96. The number of halogens is 1. The van der Waals surface area contributed by atoms with Gasteiger partial charge in [0.15, 0.2) is 0 Å². The summed E-state index contributed by atoms with van der Waals surface area (Å²) in [6.45, 7) is 1.16. The number of nitrogens with zero attached hydrogens (tertiary/aromatic N) is 1. The zero-order valence-corrected chi connectivity index (χ0v) is 11.5. The molecule has 0 amide bonds. The summed E-state index contributed by atoms with van der Waals surface area (Å²) in [5.74, 6) is 0.918. The fourth-order valence-corrected chi connectivity index (χ4v) is 3.43. The molecule has 0 atom stereocenters. The molecule has 0 saturated heterocycles. The Hall–Kier alpha value is -0.410. The maximum Gasteiger partial charge on any atom is 0.0516 e. The maximum atomic E-state index is 4.34. The Morgan fingerprint density at radius 3 is 3.06 bits per heavy atom. The van der Waals surface area contributed by atoms with Gasteiger partial charge in [-0.1, -0.05) is 15.9 Å². The van der Waals surface area contributed by atoms with Crippen LogP contribution in [0, 0.1) is 0 Å². The number of thiol groups is 1. The Bertz CT molecular complexity index is 544. The van der Waals surface area contributed by atoms with Crippen LogP contribution in [0.1, 0.15) is 17.5 Å². The van der Waals surface area contributed by atoms with Gasteiger partial charge in [-0.3, -0.25) is 0 Å². The number of hydrogen-bond acceptors (Lipinski definition) is 1. The molecule has 0 bridgehead atoms. The molecule has 2 aromatic rings. The molecule has 1 nitrogen and oxygen atoms in total. The summed E-state index contributed by atoms with van der Waals surface area (Å²) in [5.41, 5.74) is 4.38. The molecule has 0 unspecified atom stereocenters. The van der Waals surface area contributed by atoms with Gasteiger partial charge in [0.1, 0.15) is 0 Å². The van der Waals surface area contributed by atoms with Gasteiger partial charge in [0.25, 0.3) is 0 Å². The Kier molecular flexibility index (Phi) is 2.76. The molecular weight excluding hydrogens is 282 g/mol. The minimum atomic E-state index is 0.918. The van der Waals surface area contributed by atoms with E-state index in [1.54, 1.807) is 0 Å². The molecule has 3 rings (SSSR count). The van der Waals surface area contributed by atoms with Crippen LogP contribution in [-0.4, -0.2) is 10.3 Å². The van der Waals surface area contributed by atoms with Crippen LogP contribution in [0.3, 0.4) is 0 Å². The maximum absolute atomic E-state index is 4.34. The highest BCUT2D eigenvalue weighted by molar-refractivity contribution is 9.10. The number of hydrogen-bond donors (Lipinski definition) is 1. The number of rotatable bonds is 2. The van der Waals surface area contributed by atoms with E-state index in [-0.39, 0.29) is 0 Å². The van der Waals surface area contributed by atoms with Crippen LogP contribution < -0.4 is 0 Å². The van der Waals surface area contributed by atoms with Crippen LogP contribution in [0.25, 0.3) is 10.9 Å². The van der Waals surface area contributed by atoms with E-state index in [2.05, 4.69) is 51.5 Å². The second-order valence-corrected chi connectivity index (χ2v) is 5.75. The zero-order chi connectivity index (χ0) is 11.1. The molecule has 0 spiro atoms. The molecule has 84 valence electrons. The lowest BCUT2D eigenvalue weighted by atomic mass is 10.0. The lowest BCUT2D eigenvalue weighted by Gasteiger charge is -2.15. The van der Waals surface area contributed by atoms with Gasteiger partial charge in [-0.05, 0) is 48.3 Å². The van der Waals surface area contributed by atoms with Gasteiger partial charge in [-0.2, -0.15) is 12.6 Å². The SMILES string of the molecule is SCCc1cn2c3c(cc(Br)cc13)CCC2. The van der Waals surface area contributed by atoms with Crippen molar-refractivity contribution in [2.75, 3.05) is 5.75 Å². The highest BCUT2D eigenvalue weighted by Gasteiger charge is 2.16. The largest absolute Gasteiger partial charge is 0.347 e. The van der Waals surface area contributed by atoms with Gasteiger partial charge < -0.3 is 4.57 Å². The van der Waals surface area contributed by atoms with E-state index in [0.717, 1.165) is 18.7 Å². The van der Waals surface area contributed by atoms with Crippen molar-refractivity contribution >= 4 is 39.5 Å². The fraction of sp³-hybridized carbons (Fsp3) is 0.385. The van der Waals surface area contributed by atoms with E-state index in [9.17, 15) is 0 Å². The number of benzene rings is 1. The van der Waals surface area contributed by atoms with Gasteiger partial charge in [-0.15, -0.1) is 0 Å². The topological polar surface area (TPSA) is 4.93 Å². The quantitative estimate of drug-likeness (QED) is 0.804. The highest BCUT2D eigenvalue weighted by atomic mass is 79.9. The summed E-state index contributed by atoms with van der Waals surface area (Å²) in [4.78, 5) is 0. The third-order valence-corrected chi connectivity index (χ3v) is 4.01. The number of aryl methyl sites for hydroxylation is 3. The van der Waals surface area contributed by atoms with Crippen molar-refractivity contribution in [1.82, 2.24) is 4.57 Å². The second kappa shape index (κ2) is 4.11. The van der Waals surface area contributed by atoms with Crippen LogP contribution in [0.5, 0.6) is 0 Å². The van der Waals surface area contributed by atoms with Crippen molar-refractivity contribution in [3.63, 3.8) is 0 Å². The van der Waals surface area contributed by atoms with Gasteiger partial charge in [0.05, 0.1) is 5.52 Å². The van der Waals surface area contributed by atoms with E-state index in [4.69, 9.17) is 0 Å². The lowest BCUT2D eigenvalue weighted by Crippen LogP contribution is -2.06. The summed E-state index contributed by atoms with van der Waals surface area (Å²) in [6.07, 6.45) is 5.84. The van der Waals surface area contributed by atoms with Crippen molar-refractivity contribution in [1.29, 1.82) is 0 Å². The third-order valence-electron chi connectivity index (χ3n) is 3.32. The Morgan fingerprint density at radius 1 is 1.38 bits per heavy atom. The first kappa shape index (κ1) is 10.7. The number of aromatic nitrogens is 1.